The van der Waals surface area contributed by atoms with Gasteiger partial charge in [0.25, 0.3) is 5.69 Å². The Balaban J connectivity index is 1.64. The van der Waals surface area contributed by atoms with E-state index < -0.39 is 27.6 Å². The molecule has 7 rings (SSSR count). The van der Waals surface area contributed by atoms with Crippen molar-refractivity contribution in [1.29, 1.82) is 0 Å². The summed E-state index contributed by atoms with van der Waals surface area (Å²) in [5, 5.41) is 11.5. The van der Waals surface area contributed by atoms with Gasteiger partial charge in [0.2, 0.25) is 11.8 Å². The van der Waals surface area contributed by atoms with Gasteiger partial charge in [-0.2, -0.15) is 0 Å². The number of carbonyl (C=O) groups is 2. The molecule has 2 amide bonds. The molecule has 6 nitrogen and oxygen atoms in total. The molecule has 0 spiro atoms. The molecule has 0 radical (unpaired) electrons. The summed E-state index contributed by atoms with van der Waals surface area (Å²) in [5.74, 6) is -2.03. The Kier molecular flexibility index (Phi) is 3.84. The van der Waals surface area contributed by atoms with Crippen LogP contribution in [0.15, 0.2) is 66.7 Å². The van der Waals surface area contributed by atoms with E-state index in [4.69, 9.17) is 11.6 Å². The summed E-state index contributed by atoms with van der Waals surface area (Å²) in [4.78, 5) is 39.9. The van der Waals surface area contributed by atoms with Crippen molar-refractivity contribution < 1.29 is 14.5 Å². The second-order valence-electron chi connectivity index (χ2n) is 9.36. The molecule has 2 atom stereocenters. The van der Waals surface area contributed by atoms with E-state index in [1.807, 2.05) is 62.4 Å². The first-order valence-corrected chi connectivity index (χ1v) is 11.1. The quantitative estimate of drug-likeness (QED) is 0.307. The Morgan fingerprint density at radius 3 is 1.64 bits per heavy atom. The molecule has 7 heteroatoms. The van der Waals surface area contributed by atoms with E-state index in [2.05, 4.69) is 0 Å². The van der Waals surface area contributed by atoms with Crippen LogP contribution in [0.1, 0.15) is 36.1 Å². The van der Waals surface area contributed by atoms with Crippen molar-refractivity contribution in [2.75, 3.05) is 4.90 Å². The molecule has 1 saturated heterocycles. The van der Waals surface area contributed by atoms with E-state index in [1.165, 1.54) is 18.2 Å². The Labute approximate surface area is 194 Å². The highest BCUT2D eigenvalue weighted by Gasteiger charge is 2.70. The topological polar surface area (TPSA) is 80.5 Å². The summed E-state index contributed by atoms with van der Waals surface area (Å²) in [6, 6.07) is 19.8. The van der Waals surface area contributed by atoms with Crippen molar-refractivity contribution in [2.24, 2.45) is 11.8 Å². The fourth-order valence-electron chi connectivity index (χ4n) is 6.59. The molecule has 33 heavy (non-hydrogen) atoms. The molecule has 0 unspecified atom stereocenters. The van der Waals surface area contributed by atoms with Crippen LogP contribution in [0, 0.1) is 22.0 Å². The molecule has 2 bridgehead atoms. The smallest absolute Gasteiger partial charge is 0.271 e. The fraction of sp³-hybridized carbons (Fsp3) is 0.231. The highest BCUT2D eigenvalue weighted by atomic mass is 35.5. The molecule has 0 saturated carbocycles. The van der Waals surface area contributed by atoms with Crippen LogP contribution in [-0.4, -0.2) is 16.7 Å². The van der Waals surface area contributed by atoms with Crippen molar-refractivity contribution >= 4 is 34.8 Å². The Morgan fingerprint density at radius 2 is 1.24 bits per heavy atom. The maximum Gasteiger partial charge on any atom is 0.271 e. The number of halogens is 1. The molecule has 1 fully saturated rings. The van der Waals surface area contributed by atoms with Gasteiger partial charge in [0.05, 0.1) is 27.5 Å². The van der Waals surface area contributed by atoms with E-state index in [1.54, 1.807) is 0 Å². The summed E-state index contributed by atoms with van der Waals surface area (Å²) >= 11 is 6.38. The van der Waals surface area contributed by atoms with Crippen LogP contribution in [0.4, 0.5) is 11.4 Å². The van der Waals surface area contributed by atoms with Crippen LogP contribution < -0.4 is 4.90 Å². The number of nitro benzene ring substituents is 1. The van der Waals surface area contributed by atoms with Crippen molar-refractivity contribution in [3.05, 3.63) is 104 Å². The first kappa shape index (κ1) is 20.1. The number of imide groups is 1. The molecular weight excluding hydrogens is 440 g/mol. The predicted molar refractivity (Wildman–Crippen MR) is 123 cm³/mol. The van der Waals surface area contributed by atoms with Crippen LogP contribution >= 0.6 is 11.6 Å². The average molecular weight is 459 g/mol. The molecule has 0 aromatic heterocycles. The van der Waals surface area contributed by atoms with Gasteiger partial charge >= 0.3 is 0 Å². The summed E-state index contributed by atoms with van der Waals surface area (Å²) in [6.45, 7) is 4.07. The van der Waals surface area contributed by atoms with Crippen LogP contribution in [0.25, 0.3) is 0 Å². The van der Waals surface area contributed by atoms with Gasteiger partial charge in [-0.15, -0.1) is 0 Å². The molecule has 164 valence electrons. The summed E-state index contributed by atoms with van der Waals surface area (Å²) < 4.78 is 0. The largest absolute Gasteiger partial charge is 0.274 e. The lowest BCUT2D eigenvalue weighted by Crippen LogP contribution is -2.59. The van der Waals surface area contributed by atoms with Crippen LogP contribution in [-0.2, 0) is 20.4 Å². The van der Waals surface area contributed by atoms with Gasteiger partial charge in [-0.25, -0.2) is 4.90 Å². The summed E-state index contributed by atoms with van der Waals surface area (Å²) in [5.41, 5.74) is 2.57. The minimum atomic E-state index is -0.718. The van der Waals surface area contributed by atoms with E-state index in [0.29, 0.717) is 0 Å². The standard InChI is InChI=1S/C26H19ClN2O4/c1-25-15-7-3-5-9-17(15)26(2,18-10-6-4-8-16(18)25)22-21(25)23(30)28(24(22)31)20-13-14(29(32)33)11-12-19(20)27/h3-13,21-22H,1-2H3/t21-,22-,25?,26?/m0/s1. The average Bonchev–Trinajstić information content (AvgIpc) is 3.09. The summed E-state index contributed by atoms with van der Waals surface area (Å²) in [7, 11) is 0. The summed E-state index contributed by atoms with van der Waals surface area (Å²) in [6.07, 6.45) is 0. The lowest BCUT2D eigenvalue weighted by atomic mass is 9.42. The lowest BCUT2D eigenvalue weighted by molar-refractivity contribution is -0.384. The van der Waals surface area contributed by atoms with Gasteiger partial charge in [0.1, 0.15) is 0 Å². The fourth-order valence-corrected chi connectivity index (χ4v) is 6.80. The van der Waals surface area contributed by atoms with E-state index >= 15 is 0 Å². The lowest BCUT2D eigenvalue weighted by Gasteiger charge is -2.57. The highest BCUT2D eigenvalue weighted by Crippen LogP contribution is 2.66. The number of carbonyl (C=O) groups excluding carboxylic acids is 2. The van der Waals surface area contributed by atoms with Gasteiger partial charge in [-0.1, -0.05) is 74.0 Å². The number of benzene rings is 3. The monoisotopic (exact) mass is 458 g/mol. The van der Waals surface area contributed by atoms with Gasteiger partial charge in [0.15, 0.2) is 0 Å². The number of amides is 2. The minimum absolute atomic E-state index is 0.0648. The van der Waals surface area contributed by atoms with E-state index in [9.17, 15) is 19.7 Å². The highest BCUT2D eigenvalue weighted by molar-refractivity contribution is 6.36. The zero-order valence-corrected chi connectivity index (χ0v) is 18.7. The zero-order valence-electron chi connectivity index (χ0n) is 17.9. The first-order chi connectivity index (χ1) is 15.7. The molecule has 3 aromatic carbocycles. The molecule has 3 aliphatic carbocycles. The van der Waals surface area contributed by atoms with Crippen LogP contribution in [0.3, 0.4) is 0 Å². The van der Waals surface area contributed by atoms with Gasteiger partial charge in [-0.05, 0) is 28.3 Å². The van der Waals surface area contributed by atoms with Crippen LogP contribution in [0.2, 0.25) is 5.02 Å². The third kappa shape index (κ3) is 2.19. The number of hydrogen-bond acceptors (Lipinski definition) is 4. The molecule has 4 aliphatic rings. The Hall–Kier alpha value is -3.51. The molecule has 1 heterocycles. The van der Waals surface area contributed by atoms with Gasteiger partial charge < -0.3 is 0 Å². The third-order valence-corrected chi connectivity index (χ3v) is 8.34. The zero-order chi connectivity index (χ0) is 23.3. The van der Waals surface area contributed by atoms with Gasteiger partial charge in [0, 0.05) is 23.0 Å². The number of rotatable bonds is 2. The van der Waals surface area contributed by atoms with E-state index in [-0.39, 0.29) is 28.2 Å². The number of hydrogen-bond donors (Lipinski definition) is 0. The Bertz CT molecular complexity index is 1290. The van der Waals surface area contributed by atoms with Crippen LogP contribution in [0.5, 0.6) is 0 Å². The van der Waals surface area contributed by atoms with Crippen molar-refractivity contribution in [3.63, 3.8) is 0 Å². The predicted octanol–water partition coefficient (Wildman–Crippen LogP) is 4.99. The van der Waals surface area contributed by atoms with Crippen molar-refractivity contribution in [2.45, 2.75) is 24.7 Å². The second kappa shape index (κ2) is 6.29. The molecular formula is C26H19ClN2O4. The number of non-ortho nitro benzene ring substituents is 1. The normalized spacial score (nSPS) is 29.0. The Morgan fingerprint density at radius 1 is 0.818 bits per heavy atom. The maximum absolute atomic E-state index is 14.0. The number of nitrogens with zero attached hydrogens (tertiary/aromatic N) is 2. The number of nitro groups is 1. The molecule has 3 aromatic rings. The first-order valence-electron chi connectivity index (χ1n) is 10.7. The number of anilines is 1. The van der Waals surface area contributed by atoms with Gasteiger partial charge in [-0.3, -0.25) is 19.7 Å². The SMILES string of the molecule is CC12c3ccccc3C(C)(c3ccccc31)[C@@H]1C(=O)N(c3cc([N+](=O)[O-])ccc3Cl)C(=O)[C@H]12. The third-order valence-electron chi connectivity index (χ3n) is 8.02. The maximum atomic E-state index is 14.0. The molecule has 0 N–H and O–H groups in total. The van der Waals surface area contributed by atoms with Crippen molar-refractivity contribution in [3.8, 4) is 0 Å². The minimum Gasteiger partial charge on any atom is -0.274 e. The molecule has 1 aliphatic heterocycles. The van der Waals surface area contributed by atoms with E-state index in [0.717, 1.165) is 27.2 Å². The van der Waals surface area contributed by atoms with Crippen molar-refractivity contribution in [1.82, 2.24) is 0 Å². The second-order valence-corrected chi connectivity index (χ2v) is 9.76.